The van der Waals surface area contributed by atoms with Crippen LogP contribution in [0.3, 0.4) is 0 Å². The van der Waals surface area contributed by atoms with Gasteiger partial charge in [-0.25, -0.2) is 4.98 Å². The van der Waals surface area contributed by atoms with Crippen molar-refractivity contribution in [3.8, 4) is 0 Å². The van der Waals surface area contributed by atoms with Crippen LogP contribution in [0.4, 0.5) is 5.69 Å². The van der Waals surface area contributed by atoms with Crippen molar-refractivity contribution in [3.05, 3.63) is 65.6 Å². The zero-order valence-electron chi connectivity index (χ0n) is 13.4. The minimum Gasteiger partial charge on any atom is -0.323 e. The molecule has 126 valence electrons. The number of hydrogen-bond acceptors (Lipinski definition) is 4. The zero-order chi connectivity index (χ0) is 17.2. The van der Waals surface area contributed by atoms with Crippen LogP contribution >= 0.6 is 11.6 Å². The van der Waals surface area contributed by atoms with Crippen molar-refractivity contribution in [1.82, 2.24) is 15.3 Å². The fourth-order valence-corrected chi connectivity index (χ4v) is 3.47. The summed E-state index contributed by atoms with van der Waals surface area (Å²) in [6.45, 7) is 0.791. The van der Waals surface area contributed by atoms with E-state index in [0.717, 1.165) is 35.1 Å². The first-order chi connectivity index (χ1) is 12.2. The number of hydrogen-bond donors (Lipinski definition) is 2. The average molecular weight is 353 g/mol. The third-order valence-corrected chi connectivity index (χ3v) is 4.80. The first kappa shape index (κ1) is 16.0. The number of benzene rings is 1. The highest BCUT2D eigenvalue weighted by Crippen LogP contribution is 2.29. The fourth-order valence-electron chi connectivity index (χ4n) is 3.36. The van der Waals surface area contributed by atoms with Crippen molar-refractivity contribution in [2.45, 2.75) is 18.4 Å². The molecular weight excluding hydrogens is 336 g/mol. The predicted octanol–water partition coefficient (Wildman–Crippen LogP) is 3.37. The van der Waals surface area contributed by atoms with Crippen LogP contribution in [-0.4, -0.2) is 28.5 Å². The lowest BCUT2D eigenvalue weighted by atomic mass is 9.92. The molecule has 0 bridgehead atoms. The summed E-state index contributed by atoms with van der Waals surface area (Å²) in [6.07, 6.45) is 4.36. The number of carbonyl (C=O) groups excluding carboxylic acids is 1. The summed E-state index contributed by atoms with van der Waals surface area (Å²) in [7, 11) is 0. The van der Waals surface area contributed by atoms with Crippen molar-refractivity contribution in [2.75, 3.05) is 11.9 Å². The van der Waals surface area contributed by atoms with Crippen molar-refractivity contribution >= 4 is 34.1 Å². The van der Waals surface area contributed by atoms with Gasteiger partial charge in [-0.15, -0.1) is 0 Å². The number of fused-ring (bicyclic) bond motifs is 1. The maximum absolute atomic E-state index is 12.9. The Hall–Kier alpha value is -2.50. The molecule has 2 N–H and O–H groups in total. The van der Waals surface area contributed by atoms with E-state index < -0.39 is 0 Å². The fraction of sp³-hybridized carbons (Fsp3) is 0.211. The highest BCUT2D eigenvalue weighted by molar-refractivity contribution is 6.29. The van der Waals surface area contributed by atoms with Crippen LogP contribution in [0, 0.1) is 0 Å². The molecule has 3 aromatic rings. The van der Waals surface area contributed by atoms with E-state index in [4.69, 9.17) is 11.6 Å². The van der Waals surface area contributed by atoms with Crippen molar-refractivity contribution in [3.63, 3.8) is 0 Å². The van der Waals surface area contributed by atoms with Crippen molar-refractivity contribution < 1.29 is 4.79 Å². The second kappa shape index (κ2) is 6.78. The van der Waals surface area contributed by atoms with E-state index in [1.54, 1.807) is 18.5 Å². The first-order valence-corrected chi connectivity index (χ1v) is 8.59. The normalized spacial score (nSPS) is 19.9. The van der Waals surface area contributed by atoms with E-state index >= 15 is 0 Å². The van der Waals surface area contributed by atoms with E-state index in [9.17, 15) is 4.79 Å². The quantitative estimate of drug-likeness (QED) is 0.709. The smallest absolute Gasteiger partial charge is 0.242 e. The number of nitrogens with one attached hydrogen (secondary N) is 2. The highest BCUT2D eigenvalue weighted by atomic mass is 35.5. The maximum atomic E-state index is 12.9. The van der Waals surface area contributed by atoms with E-state index in [1.165, 1.54) is 0 Å². The molecule has 1 aromatic carbocycles. The Bertz CT molecular complexity index is 907. The number of amides is 1. The van der Waals surface area contributed by atoms with Crippen LogP contribution in [0.25, 0.3) is 10.9 Å². The van der Waals surface area contributed by atoms with Gasteiger partial charge >= 0.3 is 0 Å². The van der Waals surface area contributed by atoms with Crippen LogP contribution in [0.1, 0.15) is 17.9 Å². The summed E-state index contributed by atoms with van der Waals surface area (Å²) in [6, 6.07) is 13.0. The molecule has 6 heteroatoms. The van der Waals surface area contributed by atoms with Gasteiger partial charge in [0, 0.05) is 23.7 Å². The number of anilines is 1. The summed E-state index contributed by atoms with van der Waals surface area (Å²) in [5.74, 6) is 0.0169. The zero-order valence-corrected chi connectivity index (χ0v) is 14.2. The van der Waals surface area contributed by atoms with Gasteiger partial charge in [-0.1, -0.05) is 35.9 Å². The Balaban J connectivity index is 1.58. The summed E-state index contributed by atoms with van der Waals surface area (Å²) < 4.78 is 0. The molecule has 0 radical (unpaired) electrons. The van der Waals surface area contributed by atoms with Gasteiger partial charge in [0.15, 0.2) is 0 Å². The molecule has 2 aromatic heterocycles. The largest absolute Gasteiger partial charge is 0.323 e. The molecule has 1 saturated heterocycles. The summed E-state index contributed by atoms with van der Waals surface area (Å²) in [5.41, 5.74) is 2.54. The van der Waals surface area contributed by atoms with E-state index in [-0.39, 0.29) is 17.9 Å². The number of carbonyl (C=O) groups is 1. The van der Waals surface area contributed by atoms with Gasteiger partial charge in [-0.2, -0.15) is 0 Å². The second-order valence-corrected chi connectivity index (χ2v) is 6.50. The molecule has 0 unspecified atom stereocenters. The average Bonchev–Trinajstić information content (AvgIpc) is 3.12. The van der Waals surface area contributed by atoms with Crippen LogP contribution in [0.2, 0.25) is 5.15 Å². The number of para-hydroxylation sites is 1. The Morgan fingerprint density at radius 3 is 2.88 bits per heavy atom. The number of halogens is 1. The van der Waals surface area contributed by atoms with Gasteiger partial charge in [0.1, 0.15) is 5.15 Å². The summed E-state index contributed by atoms with van der Waals surface area (Å²) in [4.78, 5) is 21.4. The second-order valence-electron chi connectivity index (χ2n) is 6.11. The van der Waals surface area contributed by atoms with Crippen LogP contribution < -0.4 is 10.6 Å². The summed E-state index contributed by atoms with van der Waals surface area (Å²) in [5, 5.41) is 7.78. The van der Waals surface area contributed by atoms with Crippen molar-refractivity contribution in [1.29, 1.82) is 0 Å². The monoisotopic (exact) mass is 352 g/mol. The number of rotatable bonds is 3. The minimum absolute atomic E-state index is 0.0596. The van der Waals surface area contributed by atoms with Gasteiger partial charge in [0.2, 0.25) is 5.91 Å². The third kappa shape index (κ3) is 3.21. The number of pyridine rings is 2. The standard InChI is InChI=1S/C19H17ClN4O/c20-16-7-6-13(11-23-16)14-8-10-22-18(14)19(25)24-15-5-1-3-12-4-2-9-21-17(12)15/h1-7,9,11,14,18,22H,8,10H2,(H,24,25)/t14-,18-/m1/s1. The van der Waals surface area contributed by atoms with Gasteiger partial charge in [-0.05, 0) is 36.7 Å². The van der Waals surface area contributed by atoms with E-state index in [0.29, 0.717) is 5.15 Å². The molecule has 3 heterocycles. The Kier molecular flexibility index (Phi) is 4.34. The lowest BCUT2D eigenvalue weighted by molar-refractivity contribution is -0.118. The van der Waals surface area contributed by atoms with E-state index in [1.807, 2.05) is 36.4 Å². The maximum Gasteiger partial charge on any atom is 0.242 e. The topological polar surface area (TPSA) is 66.9 Å². The minimum atomic E-state index is -0.304. The SMILES string of the molecule is O=C(Nc1cccc2cccnc12)[C@@H]1NCC[C@@H]1c1ccc(Cl)nc1. The molecule has 1 amide bonds. The van der Waals surface area contributed by atoms with Crippen LogP contribution in [-0.2, 0) is 4.79 Å². The predicted molar refractivity (Wildman–Crippen MR) is 98.8 cm³/mol. The van der Waals surface area contributed by atoms with Gasteiger partial charge < -0.3 is 10.6 Å². The third-order valence-electron chi connectivity index (χ3n) is 4.57. The molecule has 1 aliphatic rings. The first-order valence-electron chi connectivity index (χ1n) is 8.22. The molecule has 25 heavy (non-hydrogen) atoms. The lowest BCUT2D eigenvalue weighted by Crippen LogP contribution is -2.39. The molecule has 0 spiro atoms. The molecule has 2 atom stereocenters. The van der Waals surface area contributed by atoms with Crippen LogP contribution in [0.15, 0.2) is 54.9 Å². The molecule has 0 aliphatic carbocycles. The van der Waals surface area contributed by atoms with Gasteiger partial charge in [0.05, 0.1) is 17.2 Å². The Morgan fingerprint density at radius 2 is 2.04 bits per heavy atom. The number of nitrogens with zero attached hydrogens (tertiary/aromatic N) is 2. The molecule has 0 saturated carbocycles. The number of aromatic nitrogens is 2. The molecule has 1 fully saturated rings. The van der Waals surface area contributed by atoms with Gasteiger partial charge in [-0.3, -0.25) is 9.78 Å². The highest BCUT2D eigenvalue weighted by Gasteiger charge is 2.34. The summed E-state index contributed by atoms with van der Waals surface area (Å²) >= 11 is 5.87. The van der Waals surface area contributed by atoms with Crippen molar-refractivity contribution in [2.24, 2.45) is 0 Å². The molecule has 1 aliphatic heterocycles. The van der Waals surface area contributed by atoms with E-state index in [2.05, 4.69) is 20.6 Å². The van der Waals surface area contributed by atoms with Crippen LogP contribution in [0.5, 0.6) is 0 Å². The molecule has 5 nitrogen and oxygen atoms in total. The Morgan fingerprint density at radius 1 is 1.16 bits per heavy atom. The Labute approximate surface area is 150 Å². The van der Waals surface area contributed by atoms with Gasteiger partial charge in [0.25, 0.3) is 0 Å². The molecular formula is C19H17ClN4O. The molecule has 4 rings (SSSR count). The lowest BCUT2D eigenvalue weighted by Gasteiger charge is -2.19.